The van der Waals surface area contributed by atoms with E-state index in [2.05, 4.69) is 10.6 Å². The highest BCUT2D eigenvalue weighted by Crippen LogP contribution is 2.47. The molecule has 1 saturated heterocycles. The highest BCUT2D eigenvalue weighted by atomic mass is 16.7. The van der Waals surface area contributed by atoms with Crippen molar-refractivity contribution in [2.45, 2.75) is 62.9 Å². The number of amides is 2. The molecule has 4 atom stereocenters. The first-order chi connectivity index (χ1) is 17.6. The van der Waals surface area contributed by atoms with Crippen LogP contribution in [0.3, 0.4) is 0 Å². The second-order valence-corrected chi connectivity index (χ2v) is 9.94. The van der Waals surface area contributed by atoms with Gasteiger partial charge in [-0.1, -0.05) is 12.5 Å². The summed E-state index contributed by atoms with van der Waals surface area (Å²) in [5, 5.41) is 16.0. The monoisotopic (exact) mass is 494 g/mol. The minimum Gasteiger partial charge on any atom is -0.487 e. The average Bonchev–Trinajstić information content (AvgIpc) is 3.45. The maximum absolute atomic E-state index is 12.7. The average molecular weight is 495 g/mol. The molecular weight excluding hydrogens is 464 g/mol. The van der Waals surface area contributed by atoms with Crippen molar-refractivity contribution in [3.8, 4) is 17.2 Å². The van der Waals surface area contributed by atoms with Crippen LogP contribution in [0.2, 0.25) is 0 Å². The lowest BCUT2D eigenvalue weighted by molar-refractivity contribution is -0.142. The molecule has 3 N–H and O–H groups in total. The molecule has 9 nitrogen and oxygen atoms in total. The van der Waals surface area contributed by atoms with Crippen LogP contribution in [0.25, 0.3) is 0 Å². The van der Waals surface area contributed by atoms with Gasteiger partial charge < -0.3 is 34.7 Å². The smallest absolute Gasteiger partial charge is 0.231 e. The zero-order valence-corrected chi connectivity index (χ0v) is 19.9. The van der Waals surface area contributed by atoms with Gasteiger partial charge in [-0.25, -0.2) is 0 Å². The number of hydrogen-bond acceptors (Lipinski definition) is 7. The van der Waals surface area contributed by atoms with Crippen molar-refractivity contribution >= 4 is 17.5 Å². The van der Waals surface area contributed by atoms with Crippen LogP contribution in [-0.2, 0) is 20.9 Å². The summed E-state index contributed by atoms with van der Waals surface area (Å²) in [6.07, 6.45) is 2.54. The van der Waals surface area contributed by atoms with Crippen molar-refractivity contribution in [3.63, 3.8) is 0 Å². The van der Waals surface area contributed by atoms with Gasteiger partial charge in [-0.15, -0.1) is 0 Å². The Morgan fingerprint density at radius 1 is 1.03 bits per heavy atom. The Morgan fingerprint density at radius 3 is 2.67 bits per heavy atom. The van der Waals surface area contributed by atoms with Crippen molar-refractivity contribution < 1.29 is 33.6 Å². The normalized spacial score (nSPS) is 25.8. The molecule has 0 spiro atoms. The van der Waals surface area contributed by atoms with Crippen LogP contribution in [0.15, 0.2) is 36.4 Å². The number of aliphatic hydroxyl groups is 1. The summed E-state index contributed by atoms with van der Waals surface area (Å²) >= 11 is 0. The number of rotatable bonds is 7. The molecule has 2 amide bonds. The van der Waals surface area contributed by atoms with Crippen molar-refractivity contribution in [1.29, 1.82) is 0 Å². The van der Waals surface area contributed by atoms with Crippen LogP contribution >= 0.6 is 0 Å². The van der Waals surface area contributed by atoms with Gasteiger partial charge in [0.1, 0.15) is 18.0 Å². The molecule has 9 heteroatoms. The molecule has 3 heterocycles. The van der Waals surface area contributed by atoms with E-state index >= 15 is 0 Å². The number of aliphatic hydroxyl groups excluding tert-OH is 1. The van der Waals surface area contributed by atoms with Gasteiger partial charge in [-0.3, -0.25) is 9.59 Å². The summed E-state index contributed by atoms with van der Waals surface area (Å²) in [5.74, 6) is 2.12. The number of nitrogens with one attached hydrogen (secondary N) is 2. The number of ether oxygens (including phenoxy) is 4. The van der Waals surface area contributed by atoms with E-state index < -0.39 is 6.10 Å². The third kappa shape index (κ3) is 4.49. The van der Waals surface area contributed by atoms with Gasteiger partial charge in [0.05, 0.1) is 19.1 Å². The standard InChI is InChI=1S/C27H30N2O7/c30-13-24-26-20(19-9-17(5-7-21(19)36-26)29-27(32)16-2-1-3-16)10-18(35-24)11-25(31)28-12-15-4-6-22-23(8-15)34-14-33-22/h4-9,16,18,20,24,26,30H,1-3,10-14H2,(H,28,31)(H,29,32)/t18-,20-,24+,26+/m0/s1. The largest absolute Gasteiger partial charge is 0.487 e. The second kappa shape index (κ2) is 9.63. The maximum Gasteiger partial charge on any atom is 0.231 e. The molecule has 1 saturated carbocycles. The summed E-state index contributed by atoms with van der Waals surface area (Å²) in [4.78, 5) is 25.2. The van der Waals surface area contributed by atoms with Crippen LogP contribution < -0.4 is 24.8 Å². The van der Waals surface area contributed by atoms with Gasteiger partial charge in [0.2, 0.25) is 18.6 Å². The molecule has 3 aliphatic heterocycles. The molecule has 2 aromatic carbocycles. The lowest BCUT2D eigenvalue weighted by atomic mass is 9.83. The van der Waals surface area contributed by atoms with E-state index in [1.54, 1.807) is 0 Å². The van der Waals surface area contributed by atoms with E-state index in [0.29, 0.717) is 24.5 Å². The molecule has 2 aromatic rings. The van der Waals surface area contributed by atoms with Crippen LogP contribution in [0.4, 0.5) is 5.69 Å². The molecule has 4 aliphatic rings. The van der Waals surface area contributed by atoms with E-state index in [9.17, 15) is 14.7 Å². The van der Waals surface area contributed by atoms with Crippen LogP contribution in [0.1, 0.15) is 49.1 Å². The summed E-state index contributed by atoms with van der Waals surface area (Å²) in [5.41, 5.74) is 2.65. The summed E-state index contributed by atoms with van der Waals surface area (Å²) in [7, 11) is 0. The van der Waals surface area contributed by atoms with E-state index in [-0.39, 0.29) is 55.7 Å². The summed E-state index contributed by atoms with van der Waals surface area (Å²) in [6.45, 7) is 0.378. The number of carbonyl (C=O) groups excluding carboxylic acids is 2. The third-order valence-corrected chi connectivity index (χ3v) is 7.58. The highest BCUT2D eigenvalue weighted by Gasteiger charge is 2.46. The molecule has 6 rings (SSSR count). The van der Waals surface area contributed by atoms with Crippen molar-refractivity contribution in [1.82, 2.24) is 5.32 Å². The fourth-order valence-corrected chi connectivity index (χ4v) is 5.41. The lowest BCUT2D eigenvalue weighted by Gasteiger charge is -2.37. The first-order valence-corrected chi connectivity index (χ1v) is 12.6. The Kier molecular flexibility index (Phi) is 6.18. The van der Waals surface area contributed by atoms with Crippen LogP contribution in [-0.4, -0.2) is 48.6 Å². The number of benzene rings is 2. The zero-order valence-electron chi connectivity index (χ0n) is 19.9. The maximum atomic E-state index is 12.7. The highest BCUT2D eigenvalue weighted by molar-refractivity contribution is 5.93. The van der Waals surface area contributed by atoms with E-state index in [4.69, 9.17) is 18.9 Å². The van der Waals surface area contributed by atoms with Crippen LogP contribution in [0.5, 0.6) is 17.2 Å². The molecule has 0 bridgehead atoms. The van der Waals surface area contributed by atoms with Crippen molar-refractivity contribution in [2.24, 2.45) is 5.92 Å². The number of fused-ring (bicyclic) bond motifs is 4. The Hall–Kier alpha value is -3.30. The van der Waals surface area contributed by atoms with Gasteiger partial charge in [0.15, 0.2) is 11.5 Å². The predicted molar refractivity (Wildman–Crippen MR) is 129 cm³/mol. The van der Waals surface area contributed by atoms with Gasteiger partial charge in [0, 0.05) is 29.6 Å². The van der Waals surface area contributed by atoms with Gasteiger partial charge in [-0.2, -0.15) is 0 Å². The molecule has 0 aromatic heterocycles. The number of carbonyl (C=O) groups is 2. The minimum absolute atomic E-state index is 0.0295. The fourth-order valence-electron chi connectivity index (χ4n) is 5.41. The SMILES string of the molecule is O=C(C[C@@H]1C[C@H]2c3cc(NC(=O)C4CCC4)ccc3O[C@H]2[C@@H](CO)O1)NCc1ccc2c(c1)OCO2. The third-order valence-electron chi connectivity index (χ3n) is 7.58. The second-order valence-electron chi connectivity index (χ2n) is 9.94. The molecule has 1 aliphatic carbocycles. The molecule has 190 valence electrons. The first-order valence-electron chi connectivity index (χ1n) is 12.6. The quantitative estimate of drug-likeness (QED) is 0.542. The van der Waals surface area contributed by atoms with E-state index in [1.807, 2.05) is 36.4 Å². The molecule has 36 heavy (non-hydrogen) atoms. The predicted octanol–water partition coefficient (Wildman–Crippen LogP) is 2.85. The van der Waals surface area contributed by atoms with Gasteiger partial charge in [-0.05, 0) is 55.2 Å². The Labute approximate surface area is 209 Å². The molecule has 2 fully saturated rings. The first kappa shape index (κ1) is 23.1. The minimum atomic E-state index is -0.532. The van der Waals surface area contributed by atoms with E-state index in [0.717, 1.165) is 41.8 Å². The molecule has 0 unspecified atom stereocenters. The van der Waals surface area contributed by atoms with Gasteiger partial charge in [0.25, 0.3) is 0 Å². The van der Waals surface area contributed by atoms with Crippen LogP contribution in [0, 0.1) is 5.92 Å². The lowest BCUT2D eigenvalue weighted by Crippen LogP contribution is -2.47. The zero-order chi connectivity index (χ0) is 24.6. The number of hydrogen-bond donors (Lipinski definition) is 3. The summed E-state index contributed by atoms with van der Waals surface area (Å²) < 4.78 is 22.9. The van der Waals surface area contributed by atoms with Crippen molar-refractivity contribution in [3.05, 3.63) is 47.5 Å². The number of anilines is 1. The Balaban J connectivity index is 1.10. The van der Waals surface area contributed by atoms with E-state index in [1.165, 1.54) is 0 Å². The summed E-state index contributed by atoms with van der Waals surface area (Å²) in [6, 6.07) is 11.3. The molecule has 0 radical (unpaired) electrons. The molecular formula is C27H30N2O7. The Morgan fingerprint density at radius 2 is 1.86 bits per heavy atom. The Bertz CT molecular complexity index is 1160. The topological polar surface area (TPSA) is 115 Å². The van der Waals surface area contributed by atoms with Crippen molar-refractivity contribution in [2.75, 3.05) is 18.7 Å². The van der Waals surface area contributed by atoms with Gasteiger partial charge >= 0.3 is 0 Å². The fraction of sp³-hybridized carbons (Fsp3) is 0.481.